The molecule has 9 heteroatoms. The van der Waals surface area contributed by atoms with E-state index in [1.54, 1.807) is 6.33 Å². The molecule has 0 saturated heterocycles. The van der Waals surface area contributed by atoms with Crippen molar-refractivity contribution in [2.24, 2.45) is 0 Å². The fourth-order valence-corrected chi connectivity index (χ4v) is 6.94. The summed E-state index contributed by atoms with van der Waals surface area (Å²) in [6.45, 7) is 4.86. The predicted octanol–water partition coefficient (Wildman–Crippen LogP) is 7.94. The van der Waals surface area contributed by atoms with E-state index in [1.807, 2.05) is 23.3 Å². The van der Waals surface area contributed by atoms with E-state index in [1.165, 1.54) is 102 Å². The van der Waals surface area contributed by atoms with Crippen LogP contribution >= 0.6 is 19.6 Å². The highest BCUT2D eigenvalue weighted by Gasteiger charge is 2.12. The van der Waals surface area contributed by atoms with Crippen molar-refractivity contribution in [1.82, 2.24) is 19.5 Å². The number of anilines is 1. The third kappa shape index (κ3) is 14.6. The van der Waals surface area contributed by atoms with E-state index in [-0.39, 0.29) is 6.10 Å². The van der Waals surface area contributed by atoms with Crippen molar-refractivity contribution >= 4 is 36.5 Å². The summed E-state index contributed by atoms with van der Waals surface area (Å²) in [5.74, 6) is 2.72. The molecule has 2 aromatic heterocycles. The average Bonchev–Trinajstić information content (AvgIpc) is 3.30. The third-order valence-corrected chi connectivity index (χ3v) is 9.35. The van der Waals surface area contributed by atoms with Crippen LogP contribution in [0.15, 0.2) is 12.7 Å². The highest BCUT2D eigenvalue weighted by molar-refractivity contribution is 7.99. The molecule has 0 radical (unpaired) electrons. The van der Waals surface area contributed by atoms with Gasteiger partial charge in [0.15, 0.2) is 11.5 Å². The summed E-state index contributed by atoms with van der Waals surface area (Å²) in [6.07, 6.45) is 24.9. The number of nitrogen functional groups attached to an aromatic ring is 1. The Morgan fingerprint density at radius 2 is 1.49 bits per heavy atom. The molecule has 0 saturated carbocycles. The van der Waals surface area contributed by atoms with Gasteiger partial charge in [-0.05, 0) is 31.3 Å². The molecule has 2 rings (SSSR count). The van der Waals surface area contributed by atoms with Crippen LogP contribution in [0, 0.1) is 0 Å². The summed E-state index contributed by atoms with van der Waals surface area (Å²) in [7, 11) is -1.69. The molecular weight excluding hydrogens is 501 g/mol. The van der Waals surface area contributed by atoms with Gasteiger partial charge >= 0.3 is 0 Å². The fourth-order valence-electron chi connectivity index (χ4n) is 4.54. The number of nitrogens with zero attached hydrogens (tertiary/aromatic N) is 4. The van der Waals surface area contributed by atoms with Gasteiger partial charge < -0.3 is 19.6 Å². The molecule has 0 fully saturated rings. The zero-order valence-electron chi connectivity index (χ0n) is 23.5. The molecule has 212 valence electrons. The first-order chi connectivity index (χ1) is 18.1. The standard InChI is InChI=1S/C28H52N5O2PS/c1-3-4-5-6-7-8-9-10-11-12-13-14-15-16-19-37-20-17-18-36(34)24-35-25(2)21-33-23-32-26-27(29)30-22-31-28(26)33/h22-23,25,36H,3-21,24H2,1-2H3,(H2,29,30,31)/t25-/m1/s1. The zero-order valence-corrected chi connectivity index (χ0v) is 25.3. The van der Waals surface area contributed by atoms with Gasteiger partial charge in [-0.3, -0.25) is 0 Å². The molecule has 0 aliphatic heterocycles. The summed E-state index contributed by atoms with van der Waals surface area (Å²) in [5, 5.41) is 0. The lowest BCUT2D eigenvalue weighted by atomic mass is 10.0. The van der Waals surface area contributed by atoms with Crippen LogP contribution in [0.2, 0.25) is 0 Å². The Morgan fingerprint density at radius 3 is 2.14 bits per heavy atom. The maximum Gasteiger partial charge on any atom is 0.165 e. The minimum atomic E-state index is -1.69. The van der Waals surface area contributed by atoms with Crippen molar-refractivity contribution in [2.75, 3.05) is 29.7 Å². The first-order valence-electron chi connectivity index (χ1n) is 14.7. The Bertz CT molecular complexity index is 866. The van der Waals surface area contributed by atoms with E-state index in [9.17, 15) is 4.57 Å². The Kier molecular flexibility index (Phi) is 18.0. The smallest absolute Gasteiger partial charge is 0.165 e. The van der Waals surface area contributed by atoms with E-state index in [2.05, 4.69) is 21.9 Å². The second kappa shape index (κ2) is 20.8. The Morgan fingerprint density at radius 1 is 0.892 bits per heavy atom. The van der Waals surface area contributed by atoms with Crippen LogP contribution in [0.25, 0.3) is 11.2 Å². The number of unbranched alkanes of at least 4 members (excludes halogenated alkanes) is 13. The van der Waals surface area contributed by atoms with Crippen LogP contribution in [0.1, 0.15) is 110 Å². The molecule has 0 aliphatic carbocycles. The Labute approximate surface area is 230 Å². The van der Waals surface area contributed by atoms with E-state index >= 15 is 0 Å². The lowest BCUT2D eigenvalue weighted by molar-refractivity contribution is 0.0880. The molecule has 0 aliphatic rings. The maximum atomic E-state index is 12.4. The molecule has 1 unspecified atom stereocenters. The van der Waals surface area contributed by atoms with Gasteiger partial charge in [-0.15, -0.1) is 0 Å². The molecule has 0 spiro atoms. The van der Waals surface area contributed by atoms with Gasteiger partial charge in [0.1, 0.15) is 19.6 Å². The van der Waals surface area contributed by atoms with Crippen molar-refractivity contribution in [2.45, 2.75) is 123 Å². The van der Waals surface area contributed by atoms with Gasteiger partial charge in [-0.25, -0.2) is 15.0 Å². The van der Waals surface area contributed by atoms with Crippen molar-refractivity contribution in [1.29, 1.82) is 0 Å². The van der Waals surface area contributed by atoms with E-state index in [0.717, 1.165) is 18.3 Å². The van der Waals surface area contributed by atoms with Gasteiger partial charge in [-0.2, -0.15) is 11.8 Å². The maximum absolute atomic E-state index is 12.4. The lowest BCUT2D eigenvalue weighted by Crippen LogP contribution is -2.16. The van der Waals surface area contributed by atoms with Gasteiger partial charge in [0, 0.05) is 6.16 Å². The number of hydrogen-bond donors (Lipinski definition) is 1. The molecule has 0 aromatic carbocycles. The van der Waals surface area contributed by atoms with Gasteiger partial charge in [0.05, 0.1) is 25.3 Å². The summed E-state index contributed by atoms with van der Waals surface area (Å²) in [4.78, 5) is 12.5. The number of hydrogen-bond acceptors (Lipinski definition) is 7. The average molecular weight is 554 g/mol. The lowest BCUT2D eigenvalue weighted by Gasteiger charge is -2.14. The van der Waals surface area contributed by atoms with Crippen LogP contribution in [-0.2, 0) is 15.8 Å². The highest BCUT2D eigenvalue weighted by atomic mass is 32.2. The topological polar surface area (TPSA) is 95.9 Å². The number of fused-ring (bicyclic) bond motifs is 1. The molecule has 2 heterocycles. The monoisotopic (exact) mass is 553 g/mol. The molecule has 0 amide bonds. The molecule has 2 atom stereocenters. The number of aromatic nitrogens is 4. The Balaban J connectivity index is 1.35. The number of ether oxygens (including phenoxy) is 1. The van der Waals surface area contributed by atoms with Gasteiger partial charge in [0.2, 0.25) is 0 Å². The zero-order chi connectivity index (χ0) is 26.6. The van der Waals surface area contributed by atoms with E-state index < -0.39 is 7.80 Å². The molecular formula is C28H52N5O2PS. The summed E-state index contributed by atoms with van der Waals surface area (Å²) in [6, 6.07) is 0. The van der Waals surface area contributed by atoms with Gasteiger partial charge in [0.25, 0.3) is 0 Å². The van der Waals surface area contributed by atoms with Crippen LogP contribution in [0.4, 0.5) is 5.82 Å². The number of nitrogens with two attached hydrogens (primary N) is 1. The summed E-state index contributed by atoms with van der Waals surface area (Å²) >= 11 is 2.01. The van der Waals surface area contributed by atoms with Crippen LogP contribution < -0.4 is 5.73 Å². The quantitative estimate of drug-likeness (QED) is 0.104. The molecule has 7 nitrogen and oxygen atoms in total. The first-order valence-corrected chi connectivity index (χ1v) is 17.7. The SMILES string of the molecule is CCCCCCCCCCCCCCCCSCCC[PH](=O)CO[C@H](C)Cn1cnc2c(N)ncnc21. The molecule has 2 N–H and O–H groups in total. The predicted molar refractivity (Wildman–Crippen MR) is 161 cm³/mol. The fraction of sp³-hybridized carbons (Fsp3) is 0.821. The van der Waals surface area contributed by atoms with Crippen LogP contribution in [0.3, 0.4) is 0 Å². The van der Waals surface area contributed by atoms with Crippen molar-refractivity contribution < 1.29 is 9.30 Å². The highest BCUT2D eigenvalue weighted by Crippen LogP contribution is 2.24. The molecule has 37 heavy (non-hydrogen) atoms. The second-order valence-corrected chi connectivity index (χ2v) is 13.4. The third-order valence-electron chi connectivity index (χ3n) is 6.80. The minimum absolute atomic E-state index is 0.0720. The van der Waals surface area contributed by atoms with Crippen LogP contribution in [0.5, 0.6) is 0 Å². The molecule has 0 bridgehead atoms. The Hall–Kier alpha value is -1.11. The van der Waals surface area contributed by atoms with Crippen LogP contribution in [-0.4, -0.2) is 49.6 Å². The summed E-state index contributed by atoms with van der Waals surface area (Å²) < 4.78 is 20.1. The van der Waals surface area contributed by atoms with Gasteiger partial charge in [-0.1, -0.05) is 90.4 Å². The largest absolute Gasteiger partial charge is 0.382 e. The molecule has 2 aromatic rings. The van der Waals surface area contributed by atoms with E-state index in [4.69, 9.17) is 10.5 Å². The van der Waals surface area contributed by atoms with Crippen molar-refractivity contribution in [3.05, 3.63) is 12.7 Å². The summed E-state index contributed by atoms with van der Waals surface area (Å²) in [5.41, 5.74) is 7.15. The minimum Gasteiger partial charge on any atom is -0.382 e. The normalized spacial score (nSPS) is 13.4. The number of imidazole rings is 1. The van der Waals surface area contributed by atoms with Crippen molar-refractivity contribution in [3.63, 3.8) is 0 Å². The van der Waals surface area contributed by atoms with E-state index in [0.29, 0.717) is 29.9 Å². The first kappa shape index (κ1) is 32.1. The second-order valence-electron chi connectivity index (χ2n) is 10.3. The van der Waals surface area contributed by atoms with Crippen molar-refractivity contribution in [3.8, 4) is 0 Å². The number of rotatable bonds is 24. The number of thioether (sulfide) groups is 1.